The number of rotatable bonds is 4. The van der Waals surface area contributed by atoms with Crippen molar-refractivity contribution in [1.82, 2.24) is 10.3 Å². The molecule has 3 heterocycles. The van der Waals surface area contributed by atoms with Crippen LogP contribution in [0.5, 0.6) is 0 Å². The van der Waals surface area contributed by atoms with Crippen molar-refractivity contribution in [1.29, 1.82) is 0 Å². The molecule has 134 valence electrons. The summed E-state index contributed by atoms with van der Waals surface area (Å²) in [7, 11) is 0. The highest BCUT2D eigenvalue weighted by Crippen LogP contribution is 2.31. The summed E-state index contributed by atoms with van der Waals surface area (Å²) >= 11 is 1.49. The standard InChI is InChI=1S/C19H20N4O2S/c24-18-12-26-16-4-3-14(10-15(16)22-18)19(25)21-11-13-5-6-20-17(9-13)23-7-1-2-8-23/h3-6,9-10H,1-2,7-8,11-12H2,(H,21,25)(H,22,24). The number of nitrogens with one attached hydrogen (secondary N) is 2. The van der Waals surface area contributed by atoms with Gasteiger partial charge in [0.25, 0.3) is 5.91 Å². The number of anilines is 2. The molecule has 2 aliphatic rings. The molecule has 6 nitrogen and oxygen atoms in total. The summed E-state index contributed by atoms with van der Waals surface area (Å²) in [6, 6.07) is 9.36. The molecule has 4 rings (SSSR count). The van der Waals surface area contributed by atoms with E-state index in [4.69, 9.17) is 0 Å². The Labute approximate surface area is 156 Å². The number of fused-ring (bicyclic) bond motifs is 1. The van der Waals surface area contributed by atoms with Crippen molar-refractivity contribution in [3.63, 3.8) is 0 Å². The maximum absolute atomic E-state index is 12.5. The van der Waals surface area contributed by atoms with E-state index in [-0.39, 0.29) is 11.8 Å². The van der Waals surface area contributed by atoms with Crippen LogP contribution in [0, 0.1) is 0 Å². The van der Waals surface area contributed by atoms with Gasteiger partial charge in [-0.3, -0.25) is 9.59 Å². The second-order valence-corrected chi connectivity index (χ2v) is 7.46. The molecule has 2 N–H and O–H groups in total. The molecule has 0 unspecified atom stereocenters. The Hall–Kier alpha value is -2.54. The smallest absolute Gasteiger partial charge is 0.251 e. The Bertz CT molecular complexity index is 849. The number of pyridine rings is 1. The summed E-state index contributed by atoms with van der Waals surface area (Å²) in [5, 5.41) is 5.76. The number of amides is 2. The lowest BCUT2D eigenvalue weighted by atomic mass is 10.1. The molecular weight excluding hydrogens is 348 g/mol. The summed E-state index contributed by atoms with van der Waals surface area (Å²) in [6.07, 6.45) is 4.20. The fraction of sp³-hybridized carbons (Fsp3) is 0.316. The van der Waals surface area contributed by atoms with Crippen LogP contribution >= 0.6 is 11.8 Å². The monoisotopic (exact) mass is 368 g/mol. The molecule has 2 aromatic rings. The van der Waals surface area contributed by atoms with E-state index in [1.807, 2.05) is 18.2 Å². The van der Waals surface area contributed by atoms with Crippen molar-refractivity contribution in [3.05, 3.63) is 47.7 Å². The predicted molar refractivity (Wildman–Crippen MR) is 103 cm³/mol. The van der Waals surface area contributed by atoms with Crippen molar-refractivity contribution in [2.75, 3.05) is 29.1 Å². The van der Waals surface area contributed by atoms with E-state index in [2.05, 4.69) is 20.5 Å². The van der Waals surface area contributed by atoms with Crippen LogP contribution in [0.25, 0.3) is 0 Å². The number of thioether (sulfide) groups is 1. The normalized spacial score (nSPS) is 16.2. The number of aromatic nitrogens is 1. The van der Waals surface area contributed by atoms with Gasteiger partial charge in [0.2, 0.25) is 5.91 Å². The van der Waals surface area contributed by atoms with Crippen LogP contribution in [-0.2, 0) is 11.3 Å². The van der Waals surface area contributed by atoms with E-state index < -0.39 is 0 Å². The minimum absolute atomic E-state index is 0.0358. The lowest BCUT2D eigenvalue weighted by Gasteiger charge is -2.17. The zero-order chi connectivity index (χ0) is 17.9. The first-order valence-electron chi connectivity index (χ1n) is 8.74. The first-order valence-corrected chi connectivity index (χ1v) is 9.72. The summed E-state index contributed by atoms with van der Waals surface area (Å²) in [6.45, 7) is 2.53. The molecule has 0 aliphatic carbocycles. The molecule has 2 aliphatic heterocycles. The molecular formula is C19H20N4O2S. The number of carbonyl (C=O) groups is 2. The van der Waals surface area contributed by atoms with Gasteiger partial charge in [-0.25, -0.2) is 4.98 Å². The van der Waals surface area contributed by atoms with Gasteiger partial charge in [0.1, 0.15) is 5.82 Å². The minimum Gasteiger partial charge on any atom is -0.357 e. The Morgan fingerprint density at radius 3 is 2.92 bits per heavy atom. The van der Waals surface area contributed by atoms with Gasteiger partial charge in [-0.15, -0.1) is 11.8 Å². The van der Waals surface area contributed by atoms with Gasteiger partial charge in [0.05, 0.1) is 11.4 Å². The SMILES string of the molecule is O=C1CSc2ccc(C(=O)NCc3ccnc(N4CCCC4)c3)cc2N1. The Morgan fingerprint density at radius 2 is 2.08 bits per heavy atom. The Balaban J connectivity index is 1.42. The molecule has 1 aromatic heterocycles. The molecule has 0 spiro atoms. The molecule has 0 saturated carbocycles. The van der Waals surface area contributed by atoms with Crippen LogP contribution in [0.15, 0.2) is 41.4 Å². The minimum atomic E-state index is -0.155. The number of nitrogens with zero attached hydrogens (tertiary/aromatic N) is 2. The van der Waals surface area contributed by atoms with Gasteiger partial charge < -0.3 is 15.5 Å². The second kappa shape index (κ2) is 7.37. The first kappa shape index (κ1) is 16.9. The lowest BCUT2D eigenvalue weighted by molar-refractivity contribution is -0.113. The van der Waals surface area contributed by atoms with Crippen LogP contribution in [-0.4, -0.2) is 35.6 Å². The highest BCUT2D eigenvalue weighted by molar-refractivity contribution is 8.00. The number of hydrogen-bond acceptors (Lipinski definition) is 5. The Kier molecular flexibility index (Phi) is 4.79. The predicted octanol–water partition coefficient (Wildman–Crippen LogP) is 2.66. The van der Waals surface area contributed by atoms with Crippen LogP contribution < -0.4 is 15.5 Å². The second-order valence-electron chi connectivity index (χ2n) is 6.45. The maximum Gasteiger partial charge on any atom is 0.251 e. The van der Waals surface area contributed by atoms with Crippen LogP contribution in [0.2, 0.25) is 0 Å². The third-order valence-electron chi connectivity index (χ3n) is 4.57. The van der Waals surface area contributed by atoms with E-state index in [9.17, 15) is 9.59 Å². The van der Waals surface area contributed by atoms with Crippen molar-refractivity contribution < 1.29 is 9.59 Å². The highest BCUT2D eigenvalue weighted by atomic mass is 32.2. The zero-order valence-corrected chi connectivity index (χ0v) is 15.1. The molecule has 1 aromatic carbocycles. The number of carbonyl (C=O) groups excluding carboxylic acids is 2. The molecule has 26 heavy (non-hydrogen) atoms. The van der Waals surface area contributed by atoms with Crippen LogP contribution in [0.4, 0.5) is 11.5 Å². The molecule has 7 heteroatoms. The van der Waals surface area contributed by atoms with Gasteiger partial charge in [0.15, 0.2) is 0 Å². The fourth-order valence-electron chi connectivity index (χ4n) is 3.20. The summed E-state index contributed by atoms with van der Waals surface area (Å²) < 4.78 is 0. The van der Waals surface area contributed by atoms with Gasteiger partial charge in [0, 0.05) is 36.3 Å². The van der Waals surface area contributed by atoms with Crippen LogP contribution in [0.3, 0.4) is 0 Å². The summed E-state index contributed by atoms with van der Waals surface area (Å²) in [5.41, 5.74) is 2.27. The van der Waals surface area contributed by atoms with Crippen molar-refractivity contribution >= 4 is 35.1 Å². The van der Waals surface area contributed by atoms with Gasteiger partial charge in [-0.05, 0) is 48.7 Å². The zero-order valence-electron chi connectivity index (χ0n) is 14.3. The Morgan fingerprint density at radius 1 is 1.23 bits per heavy atom. The number of benzene rings is 1. The largest absolute Gasteiger partial charge is 0.357 e. The molecule has 1 saturated heterocycles. The summed E-state index contributed by atoms with van der Waals surface area (Å²) in [5.74, 6) is 1.20. The molecule has 0 bridgehead atoms. The average molecular weight is 368 g/mol. The maximum atomic E-state index is 12.5. The molecule has 0 radical (unpaired) electrons. The third-order valence-corrected chi connectivity index (χ3v) is 5.64. The van der Waals surface area contributed by atoms with E-state index in [0.29, 0.717) is 23.5 Å². The highest BCUT2D eigenvalue weighted by Gasteiger charge is 2.17. The average Bonchev–Trinajstić information content (AvgIpc) is 3.20. The van der Waals surface area contributed by atoms with Crippen molar-refractivity contribution in [2.24, 2.45) is 0 Å². The van der Waals surface area contributed by atoms with E-state index >= 15 is 0 Å². The van der Waals surface area contributed by atoms with Crippen molar-refractivity contribution in [3.8, 4) is 0 Å². The number of hydrogen-bond donors (Lipinski definition) is 2. The van der Waals surface area contributed by atoms with E-state index in [1.165, 1.54) is 24.6 Å². The first-order chi connectivity index (χ1) is 12.7. The van der Waals surface area contributed by atoms with Crippen molar-refractivity contribution in [2.45, 2.75) is 24.3 Å². The third kappa shape index (κ3) is 3.67. The summed E-state index contributed by atoms with van der Waals surface area (Å²) in [4.78, 5) is 31.7. The molecule has 0 atom stereocenters. The fourth-order valence-corrected chi connectivity index (χ4v) is 3.99. The topological polar surface area (TPSA) is 74.3 Å². The van der Waals surface area contributed by atoms with E-state index in [0.717, 1.165) is 29.4 Å². The quantitative estimate of drug-likeness (QED) is 0.868. The van der Waals surface area contributed by atoms with Crippen LogP contribution in [0.1, 0.15) is 28.8 Å². The van der Waals surface area contributed by atoms with Gasteiger partial charge in [-0.1, -0.05) is 0 Å². The lowest BCUT2D eigenvalue weighted by Crippen LogP contribution is -2.24. The molecule has 1 fully saturated rings. The van der Waals surface area contributed by atoms with E-state index in [1.54, 1.807) is 18.3 Å². The molecule has 2 amide bonds. The van der Waals surface area contributed by atoms with Gasteiger partial charge in [-0.2, -0.15) is 0 Å². The van der Waals surface area contributed by atoms with Gasteiger partial charge >= 0.3 is 0 Å².